The predicted molar refractivity (Wildman–Crippen MR) is 80.4 cm³/mol. The van der Waals surface area contributed by atoms with Crippen LogP contribution in [0.25, 0.3) is 5.82 Å². The second kappa shape index (κ2) is 6.15. The van der Waals surface area contributed by atoms with Gasteiger partial charge in [-0.15, -0.1) is 0 Å². The highest BCUT2D eigenvalue weighted by Gasteiger charge is 2.34. The van der Waals surface area contributed by atoms with E-state index in [1.54, 1.807) is 17.1 Å². The van der Waals surface area contributed by atoms with E-state index in [0.29, 0.717) is 18.9 Å². The van der Waals surface area contributed by atoms with Gasteiger partial charge in [-0.3, -0.25) is 0 Å². The monoisotopic (exact) mass is 301 g/mol. The zero-order valence-electron chi connectivity index (χ0n) is 12.2. The molecular formula is C15H19N5O2. The molecule has 1 aliphatic rings. The van der Waals surface area contributed by atoms with Crippen molar-refractivity contribution in [3.63, 3.8) is 0 Å². The first-order valence-electron chi connectivity index (χ1n) is 7.34. The molecule has 1 fully saturated rings. The van der Waals surface area contributed by atoms with Gasteiger partial charge < -0.3 is 15.7 Å². The van der Waals surface area contributed by atoms with Gasteiger partial charge in [-0.2, -0.15) is 5.10 Å². The average Bonchev–Trinajstić information content (AvgIpc) is 3.04. The summed E-state index contributed by atoms with van der Waals surface area (Å²) in [4.78, 5) is 16.0. The van der Waals surface area contributed by atoms with Gasteiger partial charge in [-0.1, -0.05) is 0 Å². The maximum Gasteiger partial charge on any atom is 0.315 e. The maximum absolute atomic E-state index is 11.8. The molecule has 2 aromatic rings. The number of nitrogens with zero attached hydrogens (tertiary/aromatic N) is 3. The van der Waals surface area contributed by atoms with E-state index >= 15 is 0 Å². The van der Waals surface area contributed by atoms with Crippen LogP contribution in [0.4, 0.5) is 4.79 Å². The number of pyridine rings is 1. The summed E-state index contributed by atoms with van der Waals surface area (Å²) in [7, 11) is 0. The van der Waals surface area contributed by atoms with Gasteiger partial charge in [0.15, 0.2) is 5.82 Å². The Bertz CT molecular complexity index is 637. The first-order chi connectivity index (χ1) is 10.6. The smallest absolute Gasteiger partial charge is 0.315 e. The van der Waals surface area contributed by atoms with Gasteiger partial charge in [0.1, 0.15) is 0 Å². The van der Waals surface area contributed by atoms with Crippen molar-refractivity contribution in [3.05, 3.63) is 42.4 Å². The van der Waals surface area contributed by atoms with Crippen LogP contribution in [0.15, 0.2) is 36.8 Å². The molecule has 3 rings (SSSR count). The van der Waals surface area contributed by atoms with Crippen molar-refractivity contribution < 1.29 is 9.90 Å². The number of aliphatic hydroxyl groups is 1. The van der Waals surface area contributed by atoms with Gasteiger partial charge in [0, 0.05) is 31.7 Å². The van der Waals surface area contributed by atoms with Crippen LogP contribution in [-0.2, 0) is 6.54 Å². The van der Waals surface area contributed by atoms with Crippen LogP contribution in [0.3, 0.4) is 0 Å². The zero-order valence-corrected chi connectivity index (χ0v) is 12.2. The van der Waals surface area contributed by atoms with Gasteiger partial charge in [-0.25, -0.2) is 14.5 Å². The Kier molecular flexibility index (Phi) is 4.06. The number of hydrogen-bond acceptors (Lipinski definition) is 4. The van der Waals surface area contributed by atoms with Crippen molar-refractivity contribution in [2.75, 3.05) is 6.54 Å². The molecule has 1 aliphatic carbocycles. The van der Waals surface area contributed by atoms with Crippen molar-refractivity contribution in [3.8, 4) is 5.82 Å². The Hall–Kier alpha value is -2.41. The Morgan fingerprint density at radius 3 is 2.91 bits per heavy atom. The van der Waals surface area contributed by atoms with Crippen molar-refractivity contribution >= 4 is 6.03 Å². The summed E-state index contributed by atoms with van der Waals surface area (Å²) in [5, 5.41) is 19.5. The van der Waals surface area contributed by atoms with Gasteiger partial charge in [0.2, 0.25) is 0 Å². The number of rotatable bonds is 5. The molecule has 22 heavy (non-hydrogen) atoms. The van der Waals surface area contributed by atoms with Gasteiger partial charge >= 0.3 is 6.03 Å². The molecule has 0 aromatic carbocycles. The van der Waals surface area contributed by atoms with Crippen LogP contribution in [0, 0.1) is 0 Å². The molecule has 0 atom stereocenters. The summed E-state index contributed by atoms with van der Waals surface area (Å²) in [5.74, 6) is 0.702. The Morgan fingerprint density at radius 1 is 1.36 bits per heavy atom. The first kappa shape index (κ1) is 14.5. The van der Waals surface area contributed by atoms with E-state index in [4.69, 9.17) is 0 Å². The maximum atomic E-state index is 11.8. The lowest BCUT2D eigenvalue weighted by Crippen LogP contribution is -2.49. The molecule has 0 spiro atoms. The minimum atomic E-state index is -0.707. The number of hydrogen-bond donors (Lipinski definition) is 3. The van der Waals surface area contributed by atoms with Crippen LogP contribution in [0.2, 0.25) is 0 Å². The third kappa shape index (κ3) is 3.43. The molecule has 1 saturated carbocycles. The van der Waals surface area contributed by atoms with E-state index in [1.807, 2.05) is 24.4 Å². The summed E-state index contributed by atoms with van der Waals surface area (Å²) in [6.07, 6.45) is 7.71. The Morgan fingerprint density at radius 2 is 2.23 bits per heavy atom. The van der Waals surface area contributed by atoms with E-state index in [-0.39, 0.29) is 6.03 Å². The molecule has 7 heteroatoms. The van der Waals surface area contributed by atoms with E-state index in [9.17, 15) is 9.90 Å². The average molecular weight is 301 g/mol. The number of urea groups is 1. The fourth-order valence-electron chi connectivity index (χ4n) is 2.35. The standard InChI is InChI=1S/C15H19N5O2/c21-14(18-11-15(22)4-1-5-15)17-10-12-3-7-16-13(9-12)20-8-2-6-19-20/h2-3,6-9,22H,1,4-5,10-11H2,(H2,17,18,21). The summed E-state index contributed by atoms with van der Waals surface area (Å²) in [6, 6.07) is 5.25. The summed E-state index contributed by atoms with van der Waals surface area (Å²) in [6.45, 7) is 0.689. The molecule has 3 N–H and O–H groups in total. The van der Waals surface area contributed by atoms with Crippen LogP contribution in [0.1, 0.15) is 24.8 Å². The summed E-state index contributed by atoms with van der Waals surface area (Å²) < 4.78 is 1.66. The highest BCUT2D eigenvalue weighted by Crippen LogP contribution is 2.30. The van der Waals surface area contributed by atoms with E-state index in [1.165, 1.54) is 0 Å². The SMILES string of the molecule is O=C(NCc1ccnc(-n2cccn2)c1)NCC1(O)CCC1. The minimum absolute atomic E-state index is 0.280. The van der Waals surface area contributed by atoms with Gasteiger partial charge in [0.25, 0.3) is 0 Å². The highest BCUT2D eigenvalue weighted by atomic mass is 16.3. The summed E-state index contributed by atoms with van der Waals surface area (Å²) in [5.41, 5.74) is 0.222. The molecule has 0 aliphatic heterocycles. The zero-order chi connectivity index (χ0) is 15.4. The lowest BCUT2D eigenvalue weighted by molar-refractivity contribution is -0.0290. The molecule has 2 heterocycles. The fourth-order valence-corrected chi connectivity index (χ4v) is 2.35. The molecule has 0 unspecified atom stereocenters. The number of aromatic nitrogens is 3. The van der Waals surface area contributed by atoms with E-state index in [2.05, 4.69) is 20.7 Å². The molecule has 0 bridgehead atoms. The lowest BCUT2D eigenvalue weighted by atomic mass is 9.80. The molecule has 7 nitrogen and oxygen atoms in total. The molecule has 2 aromatic heterocycles. The topological polar surface area (TPSA) is 92.1 Å². The number of amides is 2. The second-order valence-corrected chi connectivity index (χ2v) is 5.59. The lowest BCUT2D eigenvalue weighted by Gasteiger charge is -2.36. The van der Waals surface area contributed by atoms with Crippen molar-refractivity contribution in [2.24, 2.45) is 0 Å². The van der Waals surface area contributed by atoms with E-state index in [0.717, 1.165) is 24.8 Å². The molecule has 2 amide bonds. The van der Waals surface area contributed by atoms with Crippen LogP contribution >= 0.6 is 0 Å². The predicted octanol–water partition coefficient (Wildman–Crippen LogP) is 0.981. The third-order valence-corrected chi connectivity index (χ3v) is 3.86. The highest BCUT2D eigenvalue weighted by molar-refractivity contribution is 5.73. The van der Waals surface area contributed by atoms with Crippen molar-refractivity contribution in [1.29, 1.82) is 0 Å². The Labute approximate surface area is 128 Å². The first-order valence-corrected chi connectivity index (χ1v) is 7.34. The van der Waals surface area contributed by atoms with Crippen LogP contribution in [0.5, 0.6) is 0 Å². The largest absolute Gasteiger partial charge is 0.388 e. The molecule has 0 radical (unpaired) electrons. The normalized spacial score (nSPS) is 15.9. The number of carbonyl (C=O) groups excluding carboxylic acids is 1. The van der Waals surface area contributed by atoms with E-state index < -0.39 is 5.60 Å². The molecule has 0 saturated heterocycles. The minimum Gasteiger partial charge on any atom is -0.388 e. The van der Waals surface area contributed by atoms with Crippen LogP contribution < -0.4 is 10.6 Å². The fraction of sp³-hybridized carbons (Fsp3) is 0.400. The van der Waals surface area contributed by atoms with Crippen LogP contribution in [-0.4, -0.2) is 38.0 Å². The molecular weight excluding hydrogens is 282 g/mol. The van der Waals surface area contributed by atoms with Gasteiger partial charge in [-0.05, 0) is 43.0 Å². The quantitative estimate of drug-likeness (QED) is 0.767. The summed E-state index contributed by atoms with van der Waals surface area (Å²) >= 11 is 0. The van der Waals surface area contributed by atoms with Crippen molar-refractivity contribution in [1.82, 2.24) is 25.4 Å². The molecule has 116 valence electrons. The number of nitrogens with one attached hydrogen (secondary N) is 2. The second-order valence-electron chi connectivity index (χ2n) is 5.59. The van der Waals surface area contributed by atoms with Crippen molar-refractivity contribution in [2.45, 2.75) is 31.4 Å². The van der Waals surface area contributed by atoms with Gasteiger partial charge in [0.05, 0.1) is 5.60 Å². The Balaban J connectivity index is 1.51. The third-order valence-electron chi connectivity index (χ3n) is 3.86. The number of carbonyl (C=O) groups is 1.